The van der Waals surface area contributed by atoms with Crippen LogP contribution in [0.1, 0.15) is 34.2 Å². The SMILES string of the molecule is COC(=O)C12CC1(c1ccccc1)C1(c3ccccc3)OC2(c2ccccc2)c2ccccc21. The summed E-state index contributed by atoms with van der Waals surface area (Å²) in [5.41, 5.74) is 2.08. The van der Waals surface area contributed by atoms with Crippen LogP contribution in [0.25, 0.3) is 0 Å². The van der Waals surface area contributed by atoms with Gasteiger partial charge in [0.25, 0.3) is 0 Å². The second-order valence-corrected chi connectivity index (χ2v) is 9.59. The molecule has 3 aliphatic rings. The molecule has 0 amide bonds. The molecule has 1 aliphatic carbocycles. The standard InChI is InChI=1S/C31H24O3/c1-33-27(32)29-21-28(29,22-13-5-2-6-14-22)30(23-15-7-3-8-16-23)25-19-11-12-20-26(25)31(29,34-30)24-17-9-4-10-18-24/h2-20H,21H2,1H3. The van der Waals surface area contributed by atoms with Crippen LogP contribution in [0.3, 0.4) is 0 Å². The zero-order chi connectivity index (χ0) is 23.0. The van der Waals surface area contributed by atoms with Crippen LogP contribution in [-0.4, -0.2) is 13.1 Å². The summed E-state index contributed by atoms with van der Waals surface area (Å²) in [7, 11) is 1.50. The Hall–Kier alpha value is -3.69. The molecule has 34 heavy (non-hydrogen) atoms. The maximum atomic E-state index is 14.0. The molecular weight excluding hydrogens is 420 g/mol. The first-order chi connectivity index (χ1) is 16.7. The summed E-state index contributed by atoms with van der Waals surface area (Å²) in [6.45, 7) is 0. The molecule has 166 valence electrons. The lowest BCUT2D eigenvalue weighted by molar-refractivity contribution is -0.158. The first-order valence-corrected chi connectivity index (χ1v) is 11.7. The number of fused-ring (bicyclic) bond motifs is 8. The van der Waals surface area contributed by atoms with Crippen LogP contribution in [0.2, 0.25) is 0 Å². The van der Waals surface area contributed by atoms with Crippen molar-refractivity contribution in [1.82, 2.24) is 0 Å². The fourth-order valence-corrected chi connectivity index (χ4v) is 7.38. The molecule has 0 spiro atoms. The van der Waals surface area contributed by atoms with Crippen molar-refractivity contribution in [2.24, 2.45) is 5.41 Å². The first-order valence-electron chi connectivity index (χ1n) is 11.7. The average Bonchev–Trinajstić information content (AvgIpc) is 3.49. The topological polar surface area (TPSA) is 35.5 Å². The van der Waals surface area contributed by atoms with E-state index in [2.05, 4.69) is 78.9 Å². The lowest BCUT2D eigenvalue weighted by atomic mass is 9.58. The lowest BCUT2D eigenvalue weighted by Gasteiger charge is -2.39. The zero-order valence-electron chi connectivity index (χ0n) is 18.9. The summed E-state index contributed by atoms with van der Waals surface area (Å²) in [5.74, 6) is -0.215. The third kappa shape index (κ3) is 1.87. The molecular formula is C31H24O3. The summed E-state index contributed by atoms with van der Waals surface area (Å²) in [5, 5.41) is 0. The maximum absolute atomic E-state index is 14.0. The van der Waals surface area contributed by atoms with E-state index in [4.69, 9.17) is 9.47 Å². The number of benzene rings is 4. The molecule has 4 atom stereocenters. The molecule has 4 aromatic rings. The van der Waals surface area contributed by atoms with E-state index in [0.717, 1.165) is 27.8 Å². The molecule has 4 unspecified atom stereocenters. The van der Waals surface area contributed by atoms with Crippen molar-refractivity contribution in [1.29, 1.82) is 0 Å². The Morgan fingerprint density at radius 3 is 1.62 bits per heavy atom. The molecule has 3 heteroatoms. The molecule has 2 fully saturated rings. The van der Waals surface area contributed by atoms with E-state index >= 15 is 0 Å². The molecule has 0 radical (unpaired) electrons. The molecule has 0 aromatic heterocycles. The maximum Gasteiger partial charge on any atom is 0.316 e. The van der Waals surface area contributed by atoms with E-state index in [1.807, 2.05) is 36.4 Å². The van der Waals surface area contributed by atoms with Crippen molar-refractivity contribution >= 4 is 5.97 Å². The molecule has 2 bridgehead atoms. The molecule has 1 saturated carbocycles. The minimum atomic E-state index is -0.955. The second-order valence-electron chi connectivity index (χ2n) is 9.59. The largest absolute Gasteiger partial charge is 0.468 e. The molecule has 7 rings (SSSR count). The van der Waals surface area contributed by atoms with Crippen LogP contribution in [0.5, 0.6) is 0 Å². The first kappa shape index (κ1) is 19.7. The van der Waals surface area contributed by atoms with Crippen LogP contribution >= 0.6 is 0 Å². The monoisotopic (exact) mass is 444 g/mol. The summed E-state index contributed by atoms with van der Waals surface area (Å²) in [6, 6.07) is 39.4. The van der Waals surface area contributed by atoms with Gasteiger partial charge in [-0.25, -0.2) is 0 Å². The summed E-state index contributed by atoms with van der Waals surface area (Å²) < 4.78 is 13.0. The third-order valence-corrected chi connectivity index (χ3v) is 8.49. The number of hydrogen-bond donors (Lipinski definition) is 0. The Morgan fingerprint density at radius 1 is 0.647 bits per heavy atom. The van der Waals surface area contributed by atoms with Gasteiger partial charge in [0.2, 0.25) is 0 Å². The van der Waals surface area contributed by atoms with Gasteiger partial charge in [-0.15, -0.1) is 0 Å². The fraction of sp³-hybridized carbons (Fsp3) is 0.194. The predicted octanol–water partition coefficient (Wildman–Crippen LogP) is 5.72. The Balaban J connectivity index is 1.68. The molecule has 1 saturated heterocycles. The molecule has 2 aliphatic heterocycles. The van der Waals surface area contributed by atoms with Crippen LogP contribution in [0.15, 0.2) is 115 Å². The Kier molecular flexibility index (Phi) is 3.75. The highest BCUT2D eigenvalue weighted by Gasteiger charge is 2.97. The smallest absolute Gasteiger partial charge is 0.316 e. The van der Waals surface area contributed by atoms with Gasteiger partial charge in [0.05, 0.1) is 12.5 Å². The number of rotatable bonds is 4. The fourth-order valence-electron chi connectivity index (χ4n) is 7.38. The normalized spacial score (nSPS) is 32.0. The summed E-state index contributed by atoms with van der Waals surface area (Å²) >= 11 is 0. The highest BCUT2D eigenvalue weighted by molar-refractivity contribution is 5.92. The number of carbonyl (C=O) groups is 1. The van der Waals surface area contributed by atoms with Crippen LogP contribution in [-0.2, 0) is 30.9 Å². The van der Waals surface area contributed by atoms with Crippen LogP contribution in [0.4, 0.5) is 0 Å². The summed E-state index contributed by atoms with van der Waals surface area (Å²) in [4.78, 5) is 14.0. The summed E-state index contributed by atoms with van der Waals surface area (Å²) in [6.07, 6.45) is 0.648. The highest BCUT2D eigenvalue weighted by atomic mass is 16.6. The highest BCUT2D eigenvalue weighted by Crippen LogP contribution is 2.90. The van der Waals surface area contributed by atoms with E-state index in [-0.39, 0.29) is 5.97 Å². The molecule has 3 nitrogen and oxygen atoms in total. The number of methoxy groups -OCH3 is 1. The van der Waals surface area contributed by atoms with Crippen LogP contribution in [0, 0.1) is 5.41 Å². The van der Waals surface area contributed by atoms with Crippen molar-refractivity contribution in [3.63, 3.8) is 0 Å². The number of hydrogen-bond acceptors (Lipinski definition) is 3. The molecule has 2 heterocycles. The minimum absolute atomic E-state index is 0.215. The van der Waals surface area contributed by atoms with Gasteiger partial charge in [0.15, 0.2) is 0 Å². The van der Waals surface area contributed by atoms with Crippen LogP contribution < -0.4 is 0 Å². The van der Waals surface area contributed by atoms with Crippen molar-refractivity contribution in [2.75, 3.05) is 7.11 Å². The Labute approximate surface area is 199 Å². The van der Waals surface area contributed by atoms with E-state index in [1.165, 1.54) is 7.11 Å². The van der Waals surface area contributed by atoms with E-state index in [1.54, 1.807) is 0 Å². The number of carbonyl (C=O) groups excluding carboxylic acids is 1. The van der Waals surface area contributed by atoms with E-state index in [0.29, 0.717) is 6.42 Å². The van der Waals surface area contributed by atoms with Gasteiger partial charge in [0, 0.05) is 0 Å². The van der Waals surface area contributed by atoms with Gasteiger partial charge in [0.1, 0.15) is 16.6 Å². The third-order valence-electron chi connectivity index (χ3n) is 8.49. The van der Waals surface area contributed by atoms with Gasteiger partial charge < -0.3 is 9.47 Å². The number of ether oxygens (including phenoxy) is 2. The van der Waals surface area contributed by atoms with Gasteiger partial charge in [-0.2, -0.15) is 0 Å². The lowest BCUT2D eigenvalue weighted by Crippen LogP contribution is -2.47. The quantitative estimate of drug-likeness (QED) is 0.378. The zero-order valence-corrected chi connectivity index (χ0v) is 18.9. The molecule has 4 aromatic carbocycles. The van der Waals surface area contributed by atoms with Gasteiger partial charge in [-0.3, -0.25) is 4.79 Å². The second kappa shape index (κ2) is 6.46. The van der Waals surface area contributed by atoms with Crippen molar-refractivity contribution in [3.05, 3.63) is 143 Å². The Bertz CT molecular complexity index is 1420. The predicted molar refractivity (Wildman–Crippen MR) is 129 cm³/mol. The van der Waals surface area contributed by atoms with Crippen molar-refractivity contribution < 1.29 is 14.3 Å². The number of esters is 1. The average molecular weight is 445 g/mol. The van der Waals surface area contributed by atoms with Gasteiger partial charge >= 0.3 is 5.97 Å². The van der Waals surface area contributed by atoms with Gasteiger partial charge in [-0.05, 0) is 34.2 Å². The van der Waals surface area contributed by atoms with E-state index in [9.17, 15) is 4.79 Å². The Morgan fingerprint density at radius 2 is 1.09 bits per heavy atom. The molecule has 0 N–H and O–H groups in total. The van der Waals surface area contributed by atoms with Gasteiger partial charge in [-0.1, -0.05) is 115 Å². The van der Waals surface area contributed by atoms with Crippen molar-refractivity contribution in [2.45, 2.75) is 23.0 Å². The van der Waals surface area contributed by atoms with E-state index < -0.39 is 22.0 Å². The minimum Gasteiger partial charge on any atom is -0.468 e. The van der Waals surface area contributed by atoms with Crippen molar-refractivity contribution in [3.8, 4) is 0 Å².